The molecule has 1 aliphatic rings. The zero-order valence-corrected chi connectivity index (χ0v) is 23.1. The number of hydroxylamine groups is 2. The van der Waals surface area contributed by atoms with Gasteiger partial charge in [-0.2, -0.15) is 8.42 Å². The van der Waals surface area contributed by atoms with Crippen LogP contribution in [-0.4, -0.2) is 52.0 Å². The Hall–Kier alpha value is -2.94. The maximum absolute atomic E-state index is 13.3. The highest BCUT2D eigenvalue weighted by atomic mass is 33.1. The molecule has 2 heterocycles. The Labute approximate surface area is 228 Å². The molecule has 2 aromatic rings. The Kier molecular flexibility index (Phi) is 9.93. The van der Waals surface area contributed by atoms with Gasteiger partial charge in [-0.1, -0.05) is 48.8 Å². The van der Waals surface area contributed by atoms with Crippen molar-refractivity contribution in [3.63, 3.8) is 0 Å². The zero-order chi connectivity index (χ0) is 28.0. The van der Waals surface area contributed by atoms with Crippen molar-refractivity contribution in [3.05, 3.63) is 59.3 Å². The molecule has 3 rings (SSSR count). The molecule has 0 aliphatic carbocycles. The fourth-order valence-electron chi connectivity index (χ4n) is 3.79. The Morgan fingerprint density at radius 1 is 1.26 bits per heavy atom. The lowest BCUT2D eigenvalue weighted by Gasteiger charge is -2.22. The lowest BCUT2D eigenvalue weighted by molar-refractivity contribution is -0.198. The third-order valence-electron chi connectivity index (χ3n) is 5.84. The summed E-state index contributed by atoms with van der Waals surface area (Å²) in [4.78, 5) is 59.5. The molecule has 3 N–H and O–H groups in total. The molecule has 3 atom stereocenters. The summed E-state index contributed by atoms with van der Waals surface area (Å²) in [5.41, 5.74) is 6.73. The summed E-state index contributed by atoms with van der Waals surface area (Å²) >= 11 is 0. The molecule has 204 valence electrons. The van der Waals surface area contributed by atoms with Crippen LogP contribution in [0.5, 0.6) is 0 Å². The second-order valence-corrected chi connectivity index (χ2v) is 12.7. The van der Waals surface area contributed by atoms with Gasteiger partial charge >= 0.3 is 5.97 Å². The molecule has 11 nitrogen and oxygen atoms in total. The molecule has 1 aliphatic heterocycles. The normalized spacial score (nSPS) is 17.3. The van der Waals surface area contributed by atoms with Crippen molar-refractivity contribution < 1.29 is 37.0 Å². The van der Waals surface area contributed by atoms with Crippen molar-refractivity contribution in [3.8, 4) is 0 Å². The molecule has 0 saturated carbocycles. The summed E-state index contributed by atoms with van der Waals surface area (Å²) in [6.07, 6.45) is 2.27. The third kappa shape index (κ3) is 7.12. The van der Waals surface area contributed by atoms with Gasteiger partial charge in [0.1, 0.15) is 5.03 Å². The maximum Gasteiger partial charge on any atom is 0.340 e. The minimum atomic E-state index is -4.87. The quantitative estimate of drug-likeness (QED) is 0.213. The first-order valence-electron chi connectivity index (χ1n) is 11.7. The van der Waals surface area contributed by atoms with Gasteiger partial charge in [0.05, 0.1) is 12.3 Å². The highest BCUT2D eigenvalue weighted by Crippen LogP contribution is 2.42. The van der Waals surface area contributed by atoms with Gasteiger partial charge in [-0.15, -0.1) is 5.06 Å². The number of aromatic nitrogens is 1. The summed E-state index contributed by atoms with van der Waals surface area (Å²) in [6, 6.07) is 10.5. The monoisotopic (exact) mass is 581 g/mol. The molecule has 0 radical (unpaired) electrons. The second-order valence-electron chi connectivity index (χ2n) is 8.54. The first-order valence-corrected chi connectivity index (χ1v) is 15.4. The van der Waals surface area contributed by atoms with Crippen molar-refractivity contribution in [1.29, 1.82) is 0 Å². The van der Waals surface area contributed by atoms with E-state index in [0.717, 1.165) is 10.6 Å². The summed E-state index contributed by atoms with van der Waals surface area (Å²) in [5, 5.41) is -1.26. The fourth-order valence-corrected chi connectivity index (χ4v) is 6.59. The van der Waals surface area contributed by atoms with Gasteiger partial charge in [0.25, 0.3) is 21.9 Å². The van der Waals surface area contributed by atoms with E-state index >= 15 is 0 Å². The van der Waals surface area contributed by atoms with E-state index in [9.17, 15) is 32.1 Å². The average Bonchev–Trinajstić information content (AvgIpc) is 3.16. The van der Waals surface area contributed by atoms with Crippen LogP contribution in [0, 0.1) is 0 Å². The summed E-state index contributed by atoms with van der Waals surface area (Å²) < 4.78 is 32.1. The van der Waals surface area contributed by atoms with E-state index in [1.54, 1.807) is 18.3 Å². The highest BCUT2D eigenvalue weighted by Gasteiger charge is 2.49. The van der Waals surface area contributed by atoms with Gasteiger partial charge in [0.15, 0.2) is 5.25 Å². The number of imide groups is 1. The summed E-state index contributed by atoms with van der Waals surface area (Å²) in [6.45, 7) is 3.84. The van der Waals surface area contributed by atoms with E-state index in [-0.39, 0.29) is 27.9 Å². The van der Waals surface area contributed by atoms with E-state index < -0.39 is 51.4 Å². The average molecular weight is 582 g/mol. The molecule has 1 fully saturated rings. The molecule has 1 saturated heterocycles. The maximum atomic E-state index is 13.3. The van der Waals surface area contributed by atoms with Crippen LogP contribution in [0.25, 0.3) is 0 Å². The number of amides is 3. The molecule has 1 aromatic heterocycles. The minimum Gasteiger partial charge on any atom is -0.366 e. The fraction of sp³-hybridized carbons (Fsp3) is 0.375. The number of unbranched alkanes of at least 4 members (excludes halogenated alkanes) is 1. The predicted octanol–water partition coefficient (Wildman–Crippen LogP) is 3.43. The summed E-state index contributed by atoms with van der Waals surface area (Å²) in [5.74, 6) is -5.33. The van der Waals surface area contributed by atoms with Crippen LogP contribution >= 0.6 is 21.6 Å². The molecule has 38 heavy (non-hydrogen) atoms. The number of pyridine rings is 1. The van der Waals surface area contributed by atoms with Crippen molar-refractivity contribution >= 4 is 55.4 Å². The van der Waals surface area contributed by atoms with Gasteiger partial charge in [-0.3, -0.25) is 18.9 Å². The van der Waals surface area contributed by atoms with Gasteiger partial charge in [-0.05, 0) is 53.5 Å². The molecule has 1 aromatic carbocycles. The number of hydrogen-bond donors (Lipinski definition) is 2. The van der Waals surface area contributed by atoms with Crippen LogP contribution in [0.2, 0.25) is 0 Å². The number of nitrogens with zero attached hydrogens (tertiary/aromatic N) is 2. The van der Waals surface area contributed by atoms with E-state index in [0.29, 0.717) is 12.8 Å². The molecule has 14 heteroatoms. The van der Waals surface area contributed by atoms with Gasteiger partial charge in [-0.25, -0.2) is 9.78 Å². The first-order chi connectivity index (χ1) is 17.9. The van der Waals surface area contributed by atoms with Gasteiger partial charge < -0.3 is 10.6 Å². The molecule has 0 spiro atoms. The first kappa shape index (κ1) is 29.6. The van der Waals surface area contributed by atoms with Crippen molar-refractivity contribution in [1.82, 2.24) is 10.0 Å². The van der Waals surface area contributed by atoms with Gasteiger partial charge in [0.2, 0.25) is 5.91 Å². The Morgan fingerprint density at radius 2 is 2.00 bits per heavy atom. The zero-order valence-electron chi connectivity index (χ0n) is 20.6. The Bertz CT molecular complexity index is 1320. The van der Waals surface area contributed by atoms with Crippen molar-refractivity contribution in [2.24, 2.45) is 5.73 Å². The second kappa shape index (κ2) is 12.7. The van der Waals surface area contributed by atoms with Crippen LogP contribution in [0.1, 0.15) is 72.2 Å². The van der Waals surface area contributed by atoms with Crippen LogP contribution in [0.15, 0.2) is 47.6 Å². The molecular weight excluding hydrogens is 554 g/mol. The predicted molar refractivity (Wildman–Crippen MR) is 141 cm³/mol. The minimum absolute atomic E-state index is 0.0650. The van der Waals surface area contributed by atoms with E-state index in [1.807, 2.05) is 32.0 Å². The number of benzene rings is 1. The number of rotatable bonds is 12. The Morgan fingerprint density at radius 3 is 2.58 bits per heavy atom. The van der Waals surface area contributed by atoms with Crippen molar-refractivity contribution in [2.45, 2.75) is 61.0 Å². The van der Waals surface area contributed by atoms with E-state index in [4.69, 9.17) is 10.6 Å². The Balaban J connectivity index is 1.90. The number of carbonyl (C=O) groups is 4. The molecular formula is C24H27N3O8S3. The number of carbonyl (C=O) groups excluding carboxylic acids is 4. The number of hydrogen-bond acceptors (Lipinski definition) is 10. The molecule has 0 bridgehead atoms. The number of primary amides is 1. The van der Waals surface area contributed by atoms with E-state index in [2.05, 4.69) is 4.98 Å². The third-order valence-corrected chi connectivity index (χ3v) is 9.66. The molecule has 3 amide bonds. The highest BCUT2D eigenvalue weighted by molar-refractivity contribution is 8.76. The van der Waals surface area contributed by atoms with Crippen LogP contribution in [0.4, 0.5) is 0 Å². The summed E-state index contributed by atoms with van der Waals surface area (Å²) in [7, 11) is -1.89. The van der Waals surface area contributed by atoms with Gasteiger partial charge in [0, 0.05) is 17.0 Å². The smallest absolute Gasteiger partial charge is 0.340 e. The van der Waals surface area contributed by atoms with Crippen molar-refractivity contribution in [2.75, 3.05) is 0 Å². The lowest BCUT2D eigenvalue weighted by atomic mass is 9.88. The van der Waals surface area contributed by atoms with Crippen LogP contribution in [-0.2, 0) is 29.3 Å². The topological polar surface area (TPSA) is 174 Å². The SMILES string of the molecule is CCCCC(C(=O)ON1C(=O)CC(S(=O)(=O)O)C1=O)c1cc(C(C)SSc2ccccn2)ccc1C(N)=O. The largest absolute Gasteiger partial charge is 0.366 e. The van der Waals surface area contributed by atoms with Crippen LogP contribution in [0.3, 0.4) is 0 Å². The lowest BCUT2D eigenvalue weighted by Crippen LogP contribution is -2.38. The number of nitrogens with two attached hydrogens (primary N) is 1. The molecule has 3 unspecified atom stereocenters. The van der Waals surface area contributed by atoms with Crippen LogP contribution < -0.4 is 5.73 Å². The van der Waals surface area contributed by atoms with E-state index in [1.165, 1.54) is 27.7 Å². The standard InChI is InChI=1S/C24H27N3O8S3/c1-3-4-7-17(24(31)35-27-21(28)13-19(23(27)30)38(32,33)34)18-12-15(9-10-16(18)22(25)29)14(2)36-37-20-8-5-6-11-26-20/h5-6,8-12,14,17,19H,3-4,7,13H2,1-2H3,(H2,25,29)(H,32,33,34).